The topological polar surface area (TPSA) is 21.3 Å². The minimum absolute atomic E-state index is 0.457. The third-order valence-electron chi connectivity index (χ3n) is 3.16. The average molecular weight is 281 g/mol. The number of nitrogens with one attached hydrogen (secondary N) is 1. The Labute approximate surface area is 127 Å². The summed E-state index contributed by atoms with van der Waals surface area (Å²) in [6, 6.07) is 18.9. The second-order valence-electron chi connectivity index (χ2n) is 5.44. The number of benzene rings is 2. The van der Waals surface area contributed by atoms with E-state index in [0.29, 0.717) is 12.6 Å². The molecule has 0 saturated carbocycles. The highest BCUT2D eigenvalue weighted by Gasteiger charge is 2.06. The van der Waals surface area contributed by atoms with Gasteiger partial charge >= 0.3 is 0 Å². The van der Waals surface area contributed by atoms with Gasteiger partial charge in [-0.15, -0.1) is 0 Å². The van der Waals surface area contributed by atoms with Crippen molar-refractivity contribution in [3.63, 3.8) is 0 Å². The number of hydrogen-bond acceptors (Lipinski definition) is 2. The molecule has 0 amide bonds. The molecule has 2 aromatic carbocycles. The van der Waals surface area contributed by atoms with Crippen molar-refractivity contribution >= 4 is 0 Å². The Kier molecular flexibility index (Phi) is 5.59. The molecule has 0 aliphatic carbocycles. The Bertz CT molecular complexity index is 575. The molecule has 2 heteroatoms. The molecule has 0 aliphatic rings. The Balaban J connectivity index is 2.03. The monoisotopic (exact) mass is 281 g/mol. The number of rotatable bonds is 7. The minimum atomic E-state index is 0.457. The van der Waals surface area contributed by atoms with Crippen LogP contribution in [0, 0.1) is 0 Å². The van der Waals surface area contributed by atoms with E-state index in [4.69, 9.17) is 4.74 Å². The van der Waals surface area contributed by atoms with Crippen molar-refractivity contribution in [1.29, 1.82) is 0 Å². The SMILES string of the molecule is C=C(CNC(C)C)COc1ccccc1-c1ccccc1. The third-order valence-corrected chi connectivity index (χ3v) is 3.16. The van der Waals surface area contributed by atoms with Crippen molar-refractivity contribution in [2.75, 3.05) is 13.2 Å². The van der Waals surface area contributed by atoms with Crippen molar-refractivity contribution in [1.82, 2.24) is 5.32 Å². The van der Waals surface area contributed by atoms with Crippen LogP contribution in [0.1, 0.15) is 13.8 Å². The quantitative estimate of drug-likeness (QED) is 0.765. The fourth-order valence-corrected chi connectivity index (χ4v) is 2.03. The molecule has 21 heavy (non-hydrogen) atoms. The predicted molar refractivity (Wildman–Crippen MR) is 89.7 cm³/mol. The van der Waals surface area contributed by atoms with Gasteiger partial charge in [-0.1, -0.05) is 69.0 Å². The van der Waals surface area contributed by atoms with Crippen molar-refractivity contribution in [3.05, 3.63) is 66.7 Å². The lowest BCUT2D eigenvalue weighted by Crippen LogP contribution is -2.26. The van der Waals surface area contributed by atoms with Crippen LogP contribution in [0.25, 0.3) is 11.1 Å². The first-order valence-corrected chi connectivity index (χ1v) is 7.34. The number of hydrogen-bond donors (Lipinski definition) is 1. The molecule has 110 valence electrons. The van der Waals surface area contributed by atoms with Crippen molar-refractivity contribution < 1.29 is 4.74 Å². The molecule has 0 fully saturated rings. The van der Waals surface area contributed by atoms with Gasteiger partial charge in [0.15, 0.2) is 0 Å². The molecule has 0 atom stereocenters. The first-order chi connectivity index (χ1) is 10.2. The van der Waals surface area contributed by atoms with E-state index in [9.17, 15) is 0 Å². The number of para-hydroxylation sites is 1. The highest BCUT2D eigenvalue weighted by molar-refractivity contribution is 5.70. The molecular weight excluding hydrogens is 258 g/mol. The Morgan fingerprint density at radius 3 is 2.43 bits per heavy atom. The largest absolute Gasteiger partial charge is 0.489 e. The van der Waals surface area contributed by atoms with E-state index in [-0.39, 0.29) is 0 Å². The Morgan fingerprint density at radius 2 is 1.71 bits per heavy atom. The third kappa shape index (κ3) is 4.76. The molecule has 2 aromatic rings. The summed E-state index contributed by atoms with van der Waals surface area (Å²) in [4.78, 5) is 0. The highest BCUT2D eigenvalue weighted by atomic mass is 16.5. The molecule has 0 aromatic heterocycles. The van der Waals surface area contributed by atoms with Gasteiger partial charge < -0.3 is 10.1 Å². The van der Waals surface area contributed by atoms with Gasteiger partial charge in [0, 0.05) is 18.2 Å². The standard InChI is InChI=1S/C19H23NO/c1-15(2)20-13-16(3)14-21-19-12-8-7-11-18(19)17-9-5-4-6-10-17/h4-12,15,20H,3,13-14H2,1-2H3. The lowest BCUT2D eigenvalue weighted by molar-refractivity contribution is 0.348. The molecular formula is C19H23NO. The maximum atomic E-state index is 5.95. The summed E-state index contributed by atoms with van der Waals surface area (Å²) in [5.41, 5.74) is 3.33. The number of ether oxygens (including phenoxy) is 1. The van der Waals surface area contributed by atoms with Gasteiger partial charge in [-0.2, -0.15) is 0 Å². The van der Waals surface area contributed by atoms with Crippen LogP contribution in [0.15, 0.2) is 66.7 Å². The molecule has 0 aliphatic heterocycles. The van der Waals surface area contributed by atoms with Crippen LogP contribution < -0.4 is 10.1 Å². The first-order valence-electron chi connectivity index (χ1n) is 7.34. The second-order valence-corrected chi connectivity index (χ2v) is 5.44. The predicted octanol–water partition coefficient (Wildman–Crippen LogP) is 4.29. The molecule has 0 unspecified atom stereocenters. The normalized spacial score (nSPS) is 10.6. The smallest absolute Gasteiger partial charge is 0.127 e. The maximum absolute atomic E-state index is 5.95. The van der Waals surface area contributed by atoms with Gasteiger partial charge in [-0.25, -0.2) is 0 Å². The summed E-state index contributed by atoms with van der Waals surface area (Å²) >= 11 is 0. The summed E-state index contributed by atoms with van der Waals surface area (Å²) in [7, 11) is 0. The van der Waals surface area contributed by atoms with E-state index in [1.165, 1.54) is 5.56 Å². The molecule has 1 N–H and O–H groups in total. The zero-order chi connectivity index (χ0) is 15.1. The van der Waals surface area contributed by atoms with E-state index in [1.807, 2.05) is 36.4 Å². The Morgan fingerprint density at radius 1 is 1.05 bits per heavy atom. The molecule has 0 bridgehead atoms. The summed E-state index contributed by atoms with van der Waals surface area (Å²) < 4.78 is 5.95. The van der Waals surface area contributed by atoms with Crippen LogP contribution in [0.5, 0.6) is 5.75 Å². The lowest BCUT2D eigenvalue weighted by Gasteiger charge is -2.14. The zero-order valence-corrected chi connectivity index (χ0v) is 12.8. The van der Waals surface area contributed by atoms with E-state index in [1.54, 1.807) is 0 Å². The van der Waals surface area contributed by atoms with Gasteiger partial charge in [0.2, 0.25) is 0 Å². The lowest BCUT2D eigenvalue weighted by atomic mass is 10.1. The van der Waals surface area contributed by atoms with Gasteiger partial charge in [0.25, 0.3) is 0 Å². The average Bonchev–Trinajstić information content (AvgIpc) is 2.52. The van der Waals surface area contributed by atoms with Crippen LogP contribution in [-0.2, 0) is 0 Å². The minimum Gasteiger partial charge on any atom is -0.489 e. The summed E-state index contributed by atoms with van der Waals surface area (Å²) in [5, 5.41) is 3.35. The molecule has 2 rings (SSSR count). The van der Waals surface area contributed by atoms with Crippen LogP contribution in [0.3, 0.4) is 0 Å². The van der Waals surface area contributed by atoms with E-state index < -0.39 is 0 Å². The van der Waals surface area contributed by atoms with E-state index >= 15 is 0 Å². The first kappa shape index (κ1) is 15.3. The van der Waals surface area contributed by atoms with E-state index in [0.717, 1.165) is 23.4 Å². The van der Waals surface area contributed by atoms with Crippen LogP contribution in [0.2, 0.25) is 0 Å². The molecule has 0 spiro atoms. The van der Waals surface area contributed by atoms with Gasteiger partial charge in [0.1, 0.15) is 12.4 Å². The Hall–Kier alpha value is -2.06. The van der Waals surface area contributed by atoms with Crippen LogP contribution >= 0.6 is 0 Å². The summed E-state index contributed by atoms with van der Waals surface area (Å²) in [6.07, 6.45) is 0. The van der Waals surface area contributed by atoms with Gasteiger partial charge in [-0.3, -0.25) is 0 Å². The van der Waals surface area contributed by atoms with Crippen molar-refractivity contribution in [2.24, 2.45) is 0 Å². The van der Waals surface area contributed by atoms with E-state index in [2.05, 4.69) is 43.9 Å². The zero-order valence-electron chi connectivity index (χ0n) is 12.8. The van der Waals surface area contributed by atoms with Gasteiger partial charge in [0.05, 0.1) is 0 Å². The molecule has 0 radical (unpaired) electrons. The fourth-order valence-electron chi connectivity index (χ4n) is 2.03. The van der Waals surface area contributed by atoms with Gasteiger partial charge in [-0.05, 0) is 17.2 Å². The van der Waals surface area contributed by atoms with Crippen molar-refractivity contribution in [2.45, 2.75) is 19.9 Å². The van der Waals surface area contributed by atoms with Crippen LogP contribution in [-0.4, -0.2) is 19.2 Å². The van der Waals surface area contributed by atoms with Crippen LogP contribution in [0.4, 0.5) is 0 Å². The fraction of sp³-hybridized carbons (Fsp3) is 0.263. The maximum Gasteiger partial charge on any atom is 0.127 e. The second kappa shape index (κ2) is 7.65. The molecule has 0 saturated heterocycles. The molecule has 0 heterocycles. The summed E-state index contributed by atoms with van der Waals surface area (Å²) in [6.45, 7) is 9.62. The summed E-state index contributed by atoms with van der Waals surface area (Å²) in [5.74, 6) is 0.898. The molecule has 2 nitrogen and oxygen atoms in total. The van der Waals surface area contributed by atoms with Crippen molar-refractivity contribution in [3.8, 4) is 16.9 Å². The highest BCUT2D eigenvalue weighted by Crippen LogP contribution is 2.29.